The number of carboxylic acids is 1. The molecule has 0 amide bonds. The average Bonchev–Trinajstić information content (AvgIpc) is 3.28. The Bertz CT molecular complexity index is 1330. The zero-order valence-corrected chi connectivity index (χ0v) is 21.3. The van der Waals surface area contributed by atoms with E-state index in [9.17, 15) is 9.90 Å². The average molecular weight is 502 g/mol. The largest absolute Gasteiger partial charge is 0.493 e. The molecule has 0 spiro atoms. The highest BCUT2D eigenvalue weighted by molar-refractivity contribution is 5.93. The molecule has 7 nitrogen and oxygen atoms in total. The Morgan fingerprint density at radius 3 is 2.32 bits per heavy atom. The lowest BCUT2D eigenvalue weighted by molar-refractivity contribution is 0.0690. The highest BCUT2D eigenvalue weighted by Gasteiger charge is 2.18. The molecule has 0 aliphatic heterocycles. The minimum Gasteiger partial charge on any atom is -0.493 e. The van der Waals surface area contributed by atoms with E-state index in [0.29, 0.717) is 42.6 Å². The Kier molecular flexibility index (Phi) is 8.46. The standard InChI is InChI=1S/C30H31NO6/c1-4-17-35-26-14-15-27(28(20(26)2)30(32)33)36-19-22-10-12-24(13-11-22)34-18-16-25-21(3)37-29(31-25)23-8-6-5-7-9-23/h5-15H,4,16-19H2,1-3H3,(H,32,33). The fraction of sp³-hybridized carbons (Fsp3) is 0.267. The maximum Gasteiger partial charge on any atom is 0.339 e. The fourth-order valence-corrected chi connectivity index (χ4v) is 3.89. The number of aromatic carboxylic acids is 1. The van der Waals surface area contributed by atoms with E-state index in [1.165, 1.54) is 0 Å². The van der Waals surface area contributed by atoms with E-state index in [1.807, 2.05) is 68.4 Å². The Labute approximate surface area is 216 Å². The topological polar surface area (TPSA) is 91.0 Å². The number of carbonyl (C=O) groups is 1. The number of nitrogens with zero attached hydrogens (tertiary/aromatic N) is 1. The molecule has 0 unspecified atom stereocenters. The number of oxazole rings is 1. The Balaban J connectivity index is 1.32. The van der Waals surface area contributed by atoms with Gasteiger partial charge in [0.2, 0.25) is 5.89 Å². The van der Waals surface area contributed by atoms with Gasteiger partial charge in [0.15, 0.2) is 0 Å². The SMILES string of the molecule is CCCOc1ccc(OCc2ccc(OCCc3nc(-c4ccccc4)oc3C)cc2)c(C(=O)O)c1C. The molecule has 0 aliphatic rings. The molecular weight excluding hydrogens is 470 g/mol. The zero-order valence-electron chi connectivity index (χ0n) is 21.3. The Hall–Kier alpha value is -4.26. The van der Waals surface area contributed by atoms with Gasteiger partial charge < -0.3 is 23.7 Å². The molecule has 0 fully saturated rings. The molecule has 7 heteroatoms. The van der Waals surface area contributed by atoms with Crippen LogP contribution in [0.3, 0.4) is 0 Å². The van der Waals surface area contributed by atoms with Crippen LogP contribution in [0.4, 0.5) is 0 Å². The van der Waals surface area contributed by atoms with Crippen LogP contribution >= 0.6 is 0 Å². The van der Waals surface area contributed by atoms with Crippen molar-refractivity contribution in [2.75, 3.05) is 13.2 Å². The first-order chi connectivity index (χ1) is 18.0. The molecule has 0 radical (unpaired) electrons. The monoisotopic (exact) mass is 501 g/mol. The van der Waals surface area contributed by atoms with Crippen molar-refractivity contribution in [3.8, 4) is 28.7 Å². The summed E-state index contributed by atoms with van der Waals surface area (Å²) in [4.78, 5) is 16.5. The number of benzene rings is 3. The smallest absolute Gasteiger partial charge is 0.339 e. The van der Waals surface area contributed by atoms with Crippen molar-refractivity contribution in [2.45, 2.75) is 40.2 Å². The summed E-state index contributed by atoms with van der Waals surface area (Å²) in [7, 11) is 0. The summed E-state index contributed by atoms with van der Waals surface area (Å²) >= 11 is 0. The molecule has 0 bridgehead atoms. The van der Waals surface area contributed by atoms with E-state index in [2.05, 4.69) is 4.98 Å². The molecule has 4 rings (SSSR count). The number of rotatable bonds is 12. The number of hydrogen-bond acceptors (Lipinski definition) is 6. The first-order valence-electron chi connectivity index (χ1n) is 12.3. The van der Waals surface area contributed by atoms with E-state index in [1.54, 1.807) is 19.1 Å². The molecule has 0 atom stereocenters. The first-order valence-corrected chi connectivity index (χ1v) is 12.3. The molecule has 0 saturated carbocycles. The van der Waals surface area contributed by atoms with Gasteiger partial charge in [0.05, 0.1) is 18.9 Å². The van der Waals surface area contributed by atoms with Gasteiger partial charge >= 0.3 is 5.97 Å². The summed E-state index contributed by atoms with van der Waals surface area (Å²) in [6.45, 7) is 6.87. The van der Waals surface area contributed by atoms with Crippen molar-refractivity contribution in [3.63, 3.8) is 0 Å². The molecule has 4 aromatic rings. The molecule has 0 aliphatic carbocycles. The minimum absolute atomic E-state index is 0.118. The van der Waals surface area contributed by atoms with Gasteiger partial charge in [-0.1, -0.05) is 37.3 Å². The van der Waals surface area contributed by atoms with Gasteiger partial charge in [0.1, 0.15) is 35.2 Å². The Morgan fingerprint density at radius 1 is 0.892 bits per heavy atom. The minimum atomic E-state index is -1.04. The third kappa shape index (κ3) is 6.50. The van der Waals surface area contributed by atoms with Crippen LogP contribution in [-0.2, 0) is 13.0 Å². The van der Waals surface area contributed by atoms with E-state index < -0.39 is 5.97 Å². The van der Waals surface area contributed by atoms with Crippen LogP contribution in [0.1, 0.15) is 46.3 Å². The summed E-state index contributed by atoms with van der Waals surface area (Å²) in [6, 6.07) is 20.7. The summed E-state index contributed by atoms with van der Waals surface area (Å²) in [5.74, 6) is 1.96. The van der Waals surface area contributed by atoms with E-state index in [-0.39, 0.29) is 12.2 Å². The molecule has 0 saturated heterocycles. The second-order valence-corrected chi connectivity index (χ2v) is 8.63. The van der Waals surface area contributed by atoms with Gasteiger partial charge in [-0.05, 0) is 62.2 Å². The van der Waals surface area contributed by atoms with Crippen LogP contribution in [0.2, 0.25) is 0 Å². The Morgan fingerprint density at radius 2 is 1.62 bits per heavy atom. The number of ether oxygens (including phenoxy) is 3. The van der Waals surface area contributed by atoms with Crippen molar-refractivity contribution < 1.29 is 28.5 Å². The van der Waals surface area contributed by atoms with Crippen molar-refractivity contribution in [1.82, 2.24) is 4.98 Å². The number of aryl methyl sites for hydroxylation is 1. The van der Waals surface area contributed by atoms with Gasteiger partial charge in [-0.3, -0.25) is 0 Å². The number of aromatic nitrogens is 1. The maximum atomic E-state index is 11.9. The zero-order chi connectivity index (χ0) is 26.2. The van der Waals surface area contributed by atoms with E-state index >= 15 is 0 Å². The second-order valence-electron chi connectivity index (χ2n) is 8.63. The van der Waals surface area contributed by atoms with E-state index in [4.69, 9.17) is 18.6 Å². The third-order valence-electron chi connectivity index (χ3n) is 5.89. The van der Waals surface area contributed by atoms with Crippen molar-refractivity contribution in [3.05, 3.63) is 94.9 Å². The van der Waals surface area contributed by atoms with Gasteiger partial charge in [-0.15, -0.1) is 0 Å². The molecule has 1 aromatic heterocycles. The number of hydrogen-bond donors (Lipinski definition) is 1. The third-order valence-corrected chi connectivity index (χ3v) is 5.89. The lowest BCUT2D eigenvalue weighted by atomic mass is 10.1. The van der Waals surface area contributed by atoms with Crippen molar-refractivity contribution >= 4 is 5.97 Å². The lowest BCUT2D eigenvalue weighted by Gasteiger charge is -2.15. The molecule has 1 heterocycles. The quantitative estimate of drug-likeness (QED) is 0.232. The van der Waals surface area contributed by atoms with Crippen molar-refractivity contribution in [1.29, 1.82) is 0 Å². The predicted octanol–water partition coefficient (Wildman–Crippen LogP) is 6.65. The summed E-state index contributed by atoms with van der Waals surface area (Å²) in [5.41, 5.74) is 3.39. The molecule has 37 heavy (non-hydrogen) atoms. The van der Waals surface area contributed by atoms with Crippen LogP contribution in [0.15, 0.2) is 71.1 Å². The van der Waals surface area contributed by atoms with Crippen LogP contribution in [0, 0.1) is 13.8 Å². The van der Waals surface area contributed by atoms with Crippen LogP contribution in [0.5, 0.6) is 17.2 Å². The van der Waals surface area contributed by atoms with Gasteiger partial charge in [0, 0.05) is 17.5 Å². The molecule has 192 valence electrons. The second kappa shape index (κ2) is 12.1. The first kappa shape index (κ1) is 25.8. The molecule has 1 N–H and O–H groups in total. The summed E-state index contributed by atoms with van der Waals surface area (Å²) in [6.07, 6.45) is 1.47. The summed E-state index contributed by atoms with van der Waals surface area (Å²) in [5, 5.41) is 9.71. The van der Waals surface area contributed by atoms with Crippen LogP contribution < -0.4 is 14.2 Å². The normalized spacial score (nSPS) is 10.8. The highest BCUT2D eigenvalue weighted by atomic mass is 16.5. The fourth-order valence-electron chi connectivity index (χ4n) is 3.89. The van der Waals surface area contributed by atoms with Crippen LogP contribution in [0.25, 0.3) is 11.5 Å². The summed E-state index contributed by atoms with van der Waals surface area (Å²) < 4.78 is 23.2. The number of carboxylic acid groups (broad SMARTS) is 1. The van der Waals surface area contributed by atoms with Crippen LogP contribution in [-0.4, -0.2) is 29.3 Å². The molecule has 3 aromatic carbocycles. The van der Waals surface area contributed by atoms with E-state index in [0.717, 1.165) is 34.8 Å². The molecular formula is C30H31NO6. The predicted molar refractivity (Wildman–Crippen MR) is 141 cm³/mol. The highest BCUT2D eigenvalue weighted by Crippen LogP contribution is 2.31. The van der Waals surface area contributed by atoms with Gasteiger partial charge in [0.25, 0.3) is 0 Å². The van der Waals surface area contributed by atoms with Crippen molar-refractivity contribution in [2.24, 2.45) is 0 Å². The van der Waals surface area contributed by atoms with Gasteiger partial charge in [-0.25, -0.2) is 9.78 Å². The lowest BCUT2D eigenvalue weighted by Crippen LogP contribution is -2.08. The maximum absolute atomic E-state index is 11.9. The van der Waals surface area contributed by atoms with Gasteiger partial charge in [-0.2, -0.15) is 0 Å².